The number of likely N-dealkylation sites (N-methyl/N-ethyl adjacent to an activating group) is 1. The van der Waals surface area contributed by atoms with E-state index in [0.717, 1.165) is 31.2 Å². The molecule has 25 heavy (non-hydrogen) atoms. The van der Waals surface area contributed by atoms with Crippen LogP contribution in [0.3, 0.4) is 0 Å². The fourth-order valence-electron chi connectivity index (χ4n) is 3.00. The van der Waals surface area contributed by atoms with Crippen LogP contribution in [-0.2, 0) is 11.3 Å². The van der Waals surface area contributed by atoms with Gasteiger partial charge in [-0.05, 0) is 30.5 Å². The Labute approximate surface area is 147 Å². The summed E-state index contributed by atoms with van der Waals surface area (Å²) in [5.74, 6) is -1.23. The molecule has 6 heteroatoms. The van der Waals surface area contributed by atoms with Gasteiger partial charge in [-0.1, -0.05) is 31.4 Å². The number of rotatable bonds is 6. The predicted octanol–water partition coefficient (Wildman–Crippen LogP) is 2.67. The molecule has 1 aliphatic carbocycles. The zero-order chi connectivity index (χ0) is 18.2. The second-order valence-corrected chi connectivity index (χ2v) is 6.26. The van der Waals surface area contributed by atoms with E-state index in [1.165, 1.54) is 24.8 Å². The Kier molecular flexibility index (Phi) is 6.58. The normalized spacial score (nSPS) is 15.3. The van der Waals surface area contributed by atoms with E-state index in [1.807, 2.05) is 6.07 Å². The van der Waals surface area contributed by atoms with E-state index < -0.39 is 5.97 Å². The molecule has 132 valence electrons. The van der Waals surface area contributed by atoms with Crippen LogP contribution in [0, 0.1) is 11.3 Å². The zero-order valence-corrected chi connectivity index (χ0v) is 14.4. The Balaban J connectivity index is 1.93. The molecule has 0 bridgehead atoms. The molecule has 0 heterocycles. The van der Waals surface area contributed by atoms with Crippen molar-refractivity contribution in [3.8, 4) is 6.07 Å². The molecule has 0 spiro atoms. The van der Waals surface area contributed by atoms with Crippen molar-refractivity contribution in [2.45, 2.75) is 44.7 Å². The van der Waals surface area contributed by atoms with Gasteiger partial charge in [0.15, 0.2) is 0 Å². The fourth-order valence-corrected chi connectivity index (χ4v) is 3.00. The number of amides is 1. The third kappa shape index (κ3) is 5.08. The van der Waals surface area contributed by atoms with Gasteiger partial charge in [-0.15, -0.1) is 0 Å². The van der Waals surface area contributed by atoms with Crippen LogP contribution >= 0.6 is 0 Å². The summed E-state index contributed by atoms with van der Waals surface area (Å²) in [5.41, 5.74) is 1.17. The fraction of sp³-hybridized carbons (Fsp3) is 0.421. The van der Waals surface area contributed by atoms with E-state index in [1.54, 1.807) is 24.1 Å². The van der Waals surface area contributed by atoms with Gasteiger partial charge < -0.3 is 15.3 Å². The first-order chi connectivity index (χ1) is 12.0. The molecule has 0 unspecified atom stereocenters. The molecule has 2 rings (SSSR count). The van der Waals surface area contributed by atoms with Crippen molar-refractivity contribution in [2.75, 3.05) is 7.05 Å². The van der Waals surface area contributed by atoms with Crippen LogP contribution < -0.4 is 5.32 Å². The van der Waals surface area contributed by atoms with Crippen molar-refractivity contribution in [2.24, 2.45) is 0 Å². The van der Waals surface area contributed by atoms with Gasteiger partial charge in [0.1, 0.15) is 11.6 Å². The Morgan fingerprint density at radius 3 is 2.48 bits per heavy atom. The van der Waals surface area contributed by atoms with Crippen molar-refractivity contribution in [1.82, 2.24) is 10.2 Å². The summed E-state index contributed by atoms with van der Waals surface area (Å²) in [4.78, 5) is 25.0. The molecular weight excluding hydrogens is 318 g/mol. The second-order valence-electron chi connectivity index (χ2n) is 6.26. The van der Waals surface area contributed by atoms with Crippen LogP contribution in [0.15, 0.2) is 36.0 Å². The molecule has 2 N–H and O–H groups in total. The van der Waals surface area contributed by atoms with Crippen molar-refractivity contribution < 1.29 is 14.7 Å². The molecule has 0 aliphatic heterocycles. The lowest BCUT2D eigenvalue weighted by Gasteiger charge is -2.31. The number of nitrogens with one attached hydrogen (secondary N) is 1. The van der Waals surface area contributed by atoms with E-state index >= 15 is 0 Å². The van der Waals surface area contributed by atoms with Gasteiger partial charge in [-0.25, -0.2) is 4.79 Å². The highest BCUT2D eigenvalue weighted by atomic mass is 16.4. The van der Waals surface area contributed by atoms with Gasteiger partial charge >= 0.3 is 5.97 Å². The molecule has 0 radical (unpaired) electrons. The van der Waals surface area contributed by atoms with Crippen LogP contribution in [0.4, 0.5) is 0 Å². The number of hydrogen-bond donors (Lipinski definition) is 2. The number of nitriles is 1. The van der Waals surface area contributed by atoms with Crippen LogP contribution in [0.5, 0.6) is 0 Å². The van der Waals surface area contributed by atoms with Gasteiger partial charge in [0.25, 0.3) is 5.91 Å². The van der Waals surface area contributed by atoms with Crippen molar-refractivity contribution >= 4 is 11.9 Å². The lowest BCUT2D eigenvalue weighted by Crippen LogP contribution is -2.39. The largest absolute Gasteiger partial charge is 0.478 e. The van der Waals surface area contributed by atoms with Crippen molar-refractivity contribution in [3.63, 3.8) is 0 Å². The molecule has 1 saturated carbocycles. The van der Waals surface area contributed by atoms with Crippen molar-refractivity contribution in [3.05, 3.63) is 47.2 Å². The maximum atomic E-state index is 12.5. The zero-order valence-electron chi connectivity index (χ0n) is 14.4. The quantitative estimate of drug-likeness (QED) is 0.613. The van der Waals surface area contributed by atoms with Crippen LogP contribution in [0.2, 0.25) is 0 Å². The highest BCUT2D eigenvalue weighted by Gasteiger charge is 2.24. The third-order valence-corrected chi connectivity index (χ3v) is 4.55. The number of aromatic carboxylic acids is 1. The minimum atomic E-state index is -0.970. The second kappa shape index (κ2) is 8.88. The first-order valence-electron chi connectivity index (χ1n) is 8.46. The van der Waals surface area contributed by atoms with Crippen molar-refractivity contribution in [1.29, 1.82) is 5.26 Å². The van der Waals surface area contributed by atoms with Gasteiger partial charge in [-0.2, -0.15) is 5.26 Å². The topological polar surface area (TPSA) is 93.4 Å². The summed E-state index contributed by atoms with van der Waals surface area (Å²) < 4.78 is 0. The van der Waals surface area contributed by atoms with Gasteiger partial charge in [0.2, 0.25) is 0 Å². The van der Waals surface area contributed by atoms with Gasteiger partial charge in [0.05, 0.1) is 5.56 Å². The number of carbonyl (C=O) groups is 2. The molecule has 1 aliphatic rings. The molecular formula is C19H23N3O3. The number of benzene rings is 1. The van der Waals surface area contributed by atoms with E-state index in [-0.39, 0.29) is 23.1 Å². The summed E-state index contributed by atoms with van der Waals surface area (Å²) in [6.45, 7) is 0.408. The lowest BCUT2D eigenvalue weighted by atomic mass is 9.94. The Morgan fingerprint density at radius 2 is 1.92 bits per heavy atom. The van der Waals surface area contributed by atoms with Crippen LogP contribution in [0.25, 0.3) is 0 Å². The highest BCUT2D eigenvalue weighted by Crippen LogP contribution is 2.22. The molecule has 0 saturated heterocycles. The lowest BCUT2D eigenvalue weighted by molar-refractivity contribution is -0.128. The summed E-state index contributed by atoms with van der Waals surface area (Å²) >= 11 is 0. The smallest absolute Gasteiger partial charge is 0.335 e. The number of hydrogen-bond acceptors (Lipinski definition) is 4. The molecule has 1 aromatic carbocycles. The molecule has 0 aromatic heterocycles. The minimum Gasteiger partial charge on any atom is -0.478 e. The molecule has 6 nitrogen and oxygen atoms in total. The van der Waals surface area contributed by atoms with Gasteiger partial charge in [0, 0.05) is 25.8 Å². The maximum absolute atomic E-state index is 12.5. The van der Waals surface area contributed by atoms with Crippen LogP contribution in [-0.4, -0.2) is 35.0 Å². The molecule has 1 amide bonds. The molecule has 1 aromatic rings. The highest BCUT2D eigenvalue weighted by molar-refractivity contribution is 5.97. The summed E-state index contributed by atoms with van der Waals surface area (Å²) in [6, 6.07) is 8.62. The van der Waals surface area contributed by atoms with E-state index in [9.17, 15) is 14.9 Å². The predicted molar refractivity (Wildman–Crippen MR) is 93.6 cm³/mol. The SMILES string of the molecule is CN(C(=O)/C(C#N)=C\NCc1ccc(C(=O)O)cc1)C1CCCCC1. The number of nitrogens with zero attached hydrogens (tertiary/aromatic N) is 2. The Hall–Kier alpha value is -2.81. The summed E-state index contributed by atoms with van der Waals surface area (Å²) in [7, 11) is 1.76. The first-order valence-corrected chi connectivity index (χ1v) is 8.46. The van der Waals surface area contributed by atoms with E-state index in [4.69, 9.17) is 5.11 Å². The Morgan fingerprint density at radius 1 is 1.28 bits per heavy atom. The Bertz CT molecular complexity index is 683. The summed E-state index contributed by atoms with van der Waals surface area (Å²) in [5, 5.41) is 21.1. The average molecular weight is 341 g/mol. The van der Waals surface area contributed by atoms with Gasteiger partial charge in [-0.3, -0.25) is 4.79 Å². The number of carbonyl (C=O) groups excluding carboxylic acids is 1. The number of carboxylic acids is 1. The average Bonchev–Trinajstić information content (AvgIpc) is 2.65. The van der Waals surface area contributed by atoms with E-state index in [2.05, 4.69) is 5.32 Å². The molecule has 1 fully saturated rings. The number of carboxylic acid groups (broad SMARTS) is 1. The minimum absolute atomic E-state index is 0.0789. The summed E-state index contributed by atoms with van der Waals surface area (Å²) in [6.07, 6.45) is 6.88. The monoisotopic (exact) mass is 341 g/mol. The standard InChI is InChI=1S/C19H23N3O3/c1-22(17-5-3-2-4-6-17)18(23)16(11-20)13-21-12-14-7-9-15(10-8-14)19(24)25/h7-10,13,17,21H,2-6,12H2,1H3,(H,24,25)/b16-13-. The maximum Gasteiger partial charge on any atom is 0.335 e. The van der Waals surface area contributed by atoms with Crippen LogP contribution in [0.1, 0.15) is 48.0 Å². The third-order valence-electron chi connectivity index (χ3n) is 4.55. The first kappa shape index (κ1) is 18.5. The molecule has 0 atom stereocenters. The van der Waals surface area contributed by atoms with E-state index in [0.29, 0.717) is 6.54 Å².